The highest BCUT2D eigenvalue weighted by Gasteiger charge is 2.20. The summed E-state index contributed by atoms with van der Waals surface area (Å²) in [4.78, 5) is 1.31. The van der Waals surface area contributed by atoms with Crippen molar-refractivity contribution in [1.29, 1.82) is 0 Å². The molecule has 0 saturated heterocycles. The molecule has 1 unspecified atom stereocenters. The van der Waals surface area contributed by atoms with E-state index in [0.29, 0.717) is 5.92 Å². The molecule has 2 N–H and O–H groups in total. The van der Waals surface area contributed by atoms with Crippen LogP contribution in [0.5, 0.6) is 0 Å². The third-order valence-corrected chi connectivity index (χ3v) is 4.75. The van der Waals surface area contributed by atoms with Crippen LogP contribution in [0.15, 0.2) is 15.9 Å². The number of thiophene rings is 1. The van der Waals surface area contributed by atoms with Crippen LogP contribution in [0.25, 0.3) is 0 Å². The maximum atomic E-state index is 6.34. The number of hydrogen-bond acceptors (Lipinski definition) is 2. The lowest BCUT2D eigenvalue weighted by Crippen LogP contribution is -2.20. The van der Waals surface area contributed by atoms with Gasteiger partial charge in [-0.05, 0) is 46.1 Å². The molecule has 0 fully saturated rings. The Balaban J connectivity index is 2.71. The first-order valence-electron chi connectivity index (χ1n) is 5.69. The molecule has 0 spiro atoms. The SMILES string of the molecule is CCCC(CCC)C(N)c1sccc1Br. The van der Waals surface area contributed by atoms with Gasteiger partial charge in [-0.25, -0.2) is 0 Å². The fourth-order valence-corrected chi connectivity index (χ4v) is 3.74. The summed E-state index contributed by atoms with van der Waals surface area (Å²) < 4.78 is 1.18. The van der Waals surface area contributed by atoms with Gasteiger partial charge in [-0.2, -0.15) is 0 Å². The van der Waals surface area contributed by atoms with Gasteiger partial charge in [0.05, 0.1) is 0 Å². The first kappa shape index (κ1) is 13.2. The topological polar surface area (TPSA) is 26.0 Å². The molecule has 0 aliphatic rings. The molecule has 1 aromatic heterocycles. The zero-order chi connectivity index (χ0) is 11.3. The fraction of sp³-hybridized carbons (Fsp3) is 0.667. The van der Waals surface area contributed by atoms with Gasteiger partial charge in [-0.15, -0.1) is 11.3 Å². The van der Waals surface area contributed by atoms with E-state index in [9.17, 15) is 0 Å². The molecular formula is C12H20BrNS. The largest absolute Gasteiger partial charge is 0.323 e. The lowest BCUT2D eigenvalue weighted by atomic mass is 9.90. The first-order chi connectivity index (χ1) is 7.20. The van der Waals surface area contributed by atoms with Crippen LogP contribution in [0.2, 0.25) is 0 Å². The zero-order valence-electron chi connectivity index (χ0n) is 9.50. The maximum Gasteiger partial charge on any atom is 0.0429 e. The maximum absolute atomic E-state index is 6.34. The van der Waals surface area contributed by atoms with Crippen LogP contribution in [-0.4, -0.2) is 0 Å². The molecule has 0 bridgehead atoms. The zero-order valence-corrected chi connectivity index (χ0v) is 11.9. The minimum absolute atomic E-state index is 0.208. The van der Waals surface area contributed by atoms with Gasteiger partial charge in [0.25, 0.3) is 0 Å². The molecule has 15 heavy (non-hydrogen) atoms. The van der Waals surface area contributed by atoms with E-state index in [1.807, 2.05) is 0 Å². The summed E-state index contributed by atoms with van der Waals surface area (Å²) in [5.74, 6) is 0.634. The van der Waals surface area contributed by atoms with E-state index in [2.05, 4.69) is 41.2 Å². The van der Waals surface area contributed by atoms with Gasteiger partial charge in [0.2, 0.25) is 0 Å². The minimum Gasteiger partial charge on any atom is -0.323 e. The van der Waals surface area contributed by atoms with Gasteiger partial charge in [0.15, 0.2) is 0 Å². The predicted molar refractivity (Wildman–Crippen MR) is 72.3 cm³/mol. The van der Waals surface area contributed by atoms with Gasteiger partial charge in [0, 0.05) is 15.4 Å². The van der Waals surface area contributed by atoms with Crippen molar-refractivity contribution in [2.24, 2.45) is 11.7 Å². The van der Waals surface area contributed by atoms with Crippen LogP contribution in [0.3, 0.4) is 0 Å². The van der Waals surface area contributed by atoms with Crippen LogP contribution in [0.1, 0.15) is 50.4 Å². The predicted octanol–water partition coefficient (Wildman–Crippen LogP) is 4.73. The van der Waals surface area contributed by atoms with Gasteiger partial charge < -0.3 is 5.73 Å². The van der Waals surface area contributed by atoms with Crippen LogP contribution in [0.4, 0.5) is 0 Å². The Morgan fingerprint density at radius 1 is 1.33 bits per heavy atom. The van der Waals surface area contributed by atoms with Crippen LogP contribution < -0.4 is 5.73 Å². The van der Waals surface area contributed by atoms with Gasteiger partial charge >= 0.3 is 0 Å². The second-order valence-electron chi connectivity index (χ2n) is 4.00. The molecule has 1 nitrogen and oxygen atoms in total. The third-order valence-electron chi connectivity index (χ3n) is 2.77. The van der Waals surface area contributed by atoms with E-state index in [4.69, 9.17) is 5.73 Å². The van der Waals surface area contributed by atoms with Crippen molar-refractivity contribution in [3.8, 4) is 0 Å². The molecule has 0 aromatic carbocycles. The minimum atomic E-state index is 0.208. The monoisotopic (exact) mass is 289 g/mol. The number of hydrogen-bond donors (Lipinski definition) is 1. The van der Waals surface area contributed by atoms with Gasteiger partial charge in [0.1, 0.15) is 0 Å². The van der Waals surface area contributed by atoms with E-state index in [1.54, 1.807) is 11.3 Å². The van der Waals surface area contributed by atoms with Crippen molar-refractivity contribution in [3.63, 3.8) is 0 Å². The number of rotatable bonds is 6. The molecule has 1 atom stereocenters. The Morgan fingerprint density at radius 2 is 1.93 bits per heavy atom. The van der Waals surface area contributed by atoms with Gasteiger partial charge in [-0.1, -0.05) is 26.7 Å². The third kappa shape index (κ3) is 3.58. The standard InChI is InChI=1S/C12H20BrNS/c1-3-5-9(6-4-2)11(14)12-10(13)7-8-15-12/h7-9,11H,3-6,14H2,1-2H3. The highest BCUT2D eigenvalue weighted by atomic mass is 79.9. The van der Waals surface area contributed by atoms with E-state index in [-0.39, 0.29) is 6.04 Å². The summed E-state index contributed by atoms with van der Waals surface area (Å²) in [6.45, 7) is 4.47. The van der Waals surface area contributed by atoms with E-state index < -0.39 is 0 Å². The molecule has 86 valence electrons. The summed E-state index contributed by atoms with van der Waals surface area (Å²) in [7, 11) is 0. The lowest BCUT2D eigenvalue weighted by Gasteiger charge is -2.22. The Bertz CT molecular complexity index is 279. The molecular weight excluding hydrogens is 270 g/mol. The molecule has 0 aliphatic carbocycles. The molecule has 1 heterocycles. The van der Waals surface area contributed by atoms with Crippen molar-refractivity contribution in [2.45, 2.75) is 45.6 Å². The van der Waals surface area contributed by atoms with E-state index in [1.165, 1.54) is 35.0 Å². The summed E-state index contributed by atoms with van der Waals surface area (Å²) in [6, 6.07) is 2.30. The van der Waals surface area contributed by atoms with E-state index >= 15 is 0 Å². The second-order valence-corrected chi connectivity index (χ2v) is 5.80. The molecule has 1 aromatic rings. The summed E-state index contributed by atoms with van der Waals surface area (Å²) in [5, 5.41) is 2.11. The van der Waals surface area contributed by atoms with Crippen molar-refractivity contribution in [1.82, 2.24) is 0 Å². The van der Waals surface area contributed by atoms with Crippen LogP contribution >= 0.6 is 27.3 Å². The Hall–Kier alpha value is 0.140. The second kappa shape index (κ2) is 6.66. The average Bonchev–Trinajstić information content (AvgIpc) is 2.63. The van der Waals surface area contributed by atoms with Crippen molar-refractivity contribution < 1.29 is 0 Å². The van der Waals surface area contributed by atoms with Crippen LogP contribution in [-0.2, 0) is 0 Å². The Morgan fingerprint density at radius 3 is 2.33 bits per heavy atom. The first-order valence-corrected chi connectivity index (χ1v) is 7.36. The summed E-state index contributed by atoms with van der Waals surface area (Å²) >= 11 is 5.33. The van der Waals surface area contributed by atoms with Crippen molar-refractivity contribution >= 4 is 27.3 Å². The molecule has 0 radical (unpaired) electrons. The van der Waals surface area contributed by atoms with Crippen LogP contribution in [0, 0.1) is 5.92 Å². The average molecular weight is 290 g/mol. The smallest absolute Gasteiger partial charge is 0.0429 e. The Labute approximate surface area is 105 Å². The van der Waals surface area contributed by atoms with E-state index in [0.717, 1.165) is 0 Å². The quantitative estimate of drug-likeness (QED) is 0.805. The highest BCUT2D eigenvalue weighted by molar-refractivity contribution is 9.10. The Kier molecular flexibility index (Phi) is 5.87. The van der Waals surface area contributed by atoms with Crippen molar-refractivity contribution in [2.75, 3.05) is 0 Å². The van der Waals surface area contributed by atoms with Crippen molar-refractivity contribution in [3.05, 3.63) is 20.8 Å². The number of nitrogens with two attached hydrogens (primary N) is 1. The molecule has 0 aliphatic heterocycles. The molecule has 0 amide bonds. The fourth-order valence-electron chi connectivity index (χ4n) is 2.00. The molecule has 3 heteroatoms. The van der Waals surface area contributed by atoms with Gasteiger partial charge in [-0.3, -0.25) is 0 Å². The molecule has 1 rings (SSSR count). The normalized spacial score (nSPS) is 13.4. The number of halogens is 1. The summed E-state index contributed by atoms with van der Waals surface area (Å²) in [5.41, 5.74) is 6.34. The molecule has 0 saturated carbocycles. The lowest BCUT2D eigenvalue weighted by molar-refractivity contribution is 0.371. The summed E-state index contributed by atoms with van der Waals surface area (Å²) in [6.07, 6.45) is 4.92. The highest BCUT2D eigenvalue weighted by Crippen LogP contribution is 2.35.